The molecule has 0 radical (unpaired) electrons. The van der Waals surface area contributed by atoms with Gasteiger partial charge in [-0.3, -0.25) is 0 Å². The average Bonchev–Trinajstić information content (AvgIpc) is 2.65. The van der Waals surface area contributed by atoms with Crippen molar-refractivity contribution >= 4 is 5.97 Å². The van der Waals surface area contributed by atoms with Crippen molar-refractivity contribution in [1.29, 1.82) is 0 Å². The minimum Gasteiger partial charge on any atom is -0.497 e. The van der Waals surface area contributed by atoms with Crippen LogP contribution in [0, 0.1) is 0 Å². The van der Waals surface area contributed by atoms with Gasteiger partial charge < -0.3 is 9.47 Å². The predicted octanol–water partition coefficient (Wildman–Crippen LogP) is 4.51. The molecule has 0 N–H and O–H groups in total. The highest BCUT2D eigenvalue weighted by atomic mass is 16.5. The van der Waals surface area contributed by atoms with Crippen LogP contribution >= 0.6 is 0 Å². The molecule has 0 fully saturated rings. The quantitative estimate of drug-likeness (QED) is 0.513. The van der Waals surface area contributed by atoms with Crippen molar-refractivity contribution in [3.8, 4) is 11.5 Å². The Hall–Kier alpha value is -3.07. The van der Waals surface area contributed by atoms with Crippen molar-refractivity contribution < 1.29 is 14.3 Å². The molecule has 0 saturated heterocycles. The molecule has 3 nitrogen and oxygen atoms in total. The molecule has 0 aliphatic heterocycles. The maximum Gasteiger partial charge on any atom is 0.343 e. The van der Waals surface area contributed by atoms with E-state index in [4.69, 9.17) is 9.47 Å². The highest BCUT2D eigenvalue weighted by Gasteiger charge is 2.07. The third-order valence-corrected chi connectivity index (χ3v) is 3.71. The van der Waals surface area contributed by atoms with Gasteiger partial charge in [-0.2, -0.15) is 0 Å². The standard InChI is InChI=1S/C21H18O3/c1-23-19-11-7-16(8-12-19)15-17-9-13-20(14-10-17)24-21(22)18-5-3-2-4-6-18/h2-14H,15H2,1H3. The lowest BCUT2D eigenvalue weighted by atomic mass is 10.0. The van der Waals surface area contributed by atoms with E-state index >= 15 is 0 Å². The van der Waals surface area contributed by atoms with Crippen molar-refractivity contribution in [2.45, 2.75) is 6.42 Å². The highest BCUT2D eigenvalue weighted by molar-refractivity contribution is 5.90. The molecule has 0 aliphatic rings. The number of hydrogen-bond acceptors (Lipinski definition) is 3. The van der Waals surface area contributed by atoms with Gasteiger partial charge in [-0.25, -0.2) is 4.79 Å². The van der Waals surface area contributed by atoms with Crippen LogP contribution in [0.4, 0.5) is 0 Å². The minimum atomic E-state index is -0.349. The number of ether oxygens (including phenoxy) is 2. The molecular weight excluding hydrogens is 300 g/mol. The van der Waals surface area contributed by atoms with E-state index in [0.717, 1.165) is 17.7 Å². The predicted molar refractivity (Wildman–Crippen MR) is 93.6 cm³/mol. The summed E-state index contributed by atoms with van der Waals surface area (Å²) in [7, 11) is 1.66. The lowest BCUT2D eigenvalue weighted by molar-refractivity contribution is 0.0734. The van der Waals surface area contributed by atoms with Crippen molar-refractivity contribution in [2.75, 3.05) is 7.11 Å². The average molecular weight is 318 g/mol. The summed E-state index contributed by atoms with van der Waals surface area (Å²) in [5, 5.41) is 0. The van der Waals surface area contributed by atoms with Gasteiger partial charge in [-0.1, -0.05) is 42.5 Å². The van der Waals surface area contributed by atoms with Gasteiger partial charge in [0.2, 0.25) is 0 Å². The number of hydrogen-bond donors (Lipinski definition) is 0. The van der Waals surface area contributed by atoms with Crippen LogP contribution in [0.15, 0.2) is 78.9 Å². The molecule has 3 rings (SSSR count). The fourth-order valence-corrected chi connectivity index (χ4v) is 2.39. The van der Waals surface area contributed by atoms with Gasteiger partial charge in [0.1, 0.15) is 11.5 Å². The second-order valence-electron chi connectivity index (χ2n) is 5.42. The number of esters is 1. The van der Waals surface area contributed by atoms with Crippen LogP contribution in [0.5, 0.6) is 11.5 Å². The fourth-order valence-electron chi connectivity index (χ4n) is 2.39. The molecular formula is C21H18O3. The first-order chi connectivity index (χ1) is 11.7. The lowest BCUT2D eigenvalue weighted by Gasteiger charge is -2.07. The number of benzene rings is 3. The fraction of sp³-hybridized carbons (Fsp3) is 0.0952. The van der Waals surface area contributed by atoms with Gasteiger partial charge in [-0.15, -0.1) is 0 Å². The van der Waals surface area contributed by atoms with Crippen molar-refractivity contribution in [2.24, 2.45) is 0 Å². The molecule has 120 valence electrons. The van der Waals surface area contributed by atoms with Gasteiger partial charge in [0.05, 0.1) is 12.7 Å². The van der Waals surface area contributed by atoms with Gasteiger partial charge in [0.15, 0.2) is 0 Å². The zero-order chi connectivity index (χ0) is 16.8. The van der Waals surface area contributed by atoms with E-state index in [1.807, 2.05) is 66.7 Å². The third kappa shape index (κ3) is 4.02. The van der Waals surface area contributed by atoms with E-state index < -0.39 is 0 Å². The monoisotopic (exact) mass is 318 g/mol. The lowest BCUT2D eigenvalue weighted by Crippen LogP contribution is -2.08. The van der Waals surface area contributed by atoms with Crippen LogP contribution in [0.2, 0.25) is 0 Å². The van der Waals surface area contributed by atoms with Crippen LogP contribution in [-0.2, 0) is 6.42 Å². The molecule has 3 aromatic rings. The summed E-state index contributed by atoms with van der Waals surface area (Å²) in [4.78, 5) is 12.0. The summed E-state index contributed by atoms with van der Waals surface area (Å²) in [6.07, 6.45) is 0.816. The Kier molecular flexibility index (Phi) is 4.92. The maximum absolute atomic E-state index is 12.0. The number of carbonyl (C=O) groups is 1. The summed E-state index contributed by atoms with van der Waals surface area (Å²) in [5.41, 5.74) is 2.89. The molecule has 24 heavy (non-hydrogen) atoms. The maximum atomic E-state index is 12.0. The van der Waals surface area contributed by atoms with Crippen LogP contribution in [0.25, 0.3) is 0 Å². The van der Waals surface area contributed by atoms with E-state index in [-0.39, 0.29) is 5.97 Å². The first-order valence-corrected chi connectivity index (χ1v) is 7.74. The van der Waals surface area contributed by atoms with Crippen molar-refractivity contribution in [3.05, 3.63) is 95.6 Å². The summed E-state index contributed by atoms with van der Waals surface area (Å²) >= 11 is 0. The molecule has 0 saturated carbocycles. The van der Waals surface area contributed by atoms with Gasteiger partial charge in [0.25, 0.3) is 0 Å². The summed E-state index contributed by atoms with van der Waals surface area (Å²) in [5.74, 6) is 1.04. The molecule has 0 atom stereocenters. The zero-order valence-electron chi connectivity index (χ0n) is 13.4. The van der Waals surface area contributed by atoms with Crippen LogP contribution in [0.1, 0.15) is 21.5 Å². The molecule has 0 unspecified atom stereocenters. The van der Waals surface area contributed by atoms with Gasteiger partial charge in [-0.05, 0) is 53.9 Å². The summed E-state index contributed by atoms with van der Waals surface area (Å²) in [6.45, 7) is 0. The van der Waals surface area contributed by atoms with Crippen molar-refractivity contribution in [3.63, 3.8) is 0 Å². The SMILES string of the molecule is COc1ccc(Cc2ccc(OC(=O)c3ccccc3)cc2)cc1. The Morgan fingerprint density at radius 1 is 0.750 bits per heavy atom. The Balaban J connectivity index is 1.63. The molecule has 0 spiro atoms. The van der Waals surface area contributed by atoms with Crippen LogP contribution in [0.3, 0.4) is 0 Å². The molecule has 0 heterocycles. The van der Waals surface area contributed by atoms with Crippen molar-refractivity contribution in [1.82, 2.24) is 0 Å². The van der Waals surface area contributed by atoms with E-state index in [1.54, 1.807) is 19.2 Å². The number of carbonyl (C=O) groups excluding carboxylic acids is 1. The molecule has 3 aromatic carbocycles. The van der Waals surface area contributed by atoms with E-state index in [2.05, 4.69) is 0 Å². The molecule has 0 aromatic heterocycles. The molecule has 0 amide bonds. The first-order valence-electron chi connectivity index (χ1n) is 7.74. The molecule has 3 heteroatoms. The Bertz CT molecular complexity index is 791. The Labute approximate surface area is 141 Å². The second-order valence-corrected chi connectivity index (χ2v) is 5.42. The normalized spacial score (nSPS) is 10.2. The van der Waals surface area contributed by atoms with Crippen LogP contribution in [-0.4, -0.2) is 13.1 Å². The summed E-state index contributed by atoms with van der Waals surface area (Å²) in [6, 6.07) is 24.5. The van der Waals surface area contributed by atoms with Gasteiger partial charge in [0, 0.05) is 0 Å². The minimum absolute atomic E-state index is 0.349. The van der Waals surface area contributed by atoms with E-state index in [9.17, 15) is 4.79 Å². The van der Waals surface area contributed by atoms with E-state index in [0.29, 0.717) is 11.3 Å². The topological polar surface area (TPSA) is 35.5 Å². The van der Waals surface area contributed by atoms with Gasteiger partial charge >= 0.3 is 5.97 Å². The smallest absolute Gasteiger partial charge is 0.343 e. The van der Waals surface area contributed by atoms with Crippen LogP contribution < -0.4 is 9.47 Å². The zero-order valence-corrected chi connectivity index (χ0v) is 13.4. The number of rotatable bonds is 5. The van der Waals surface area contributed by atoms with E-state index in [1.165, 1.54) is 5.56 Å². The first kappa shape index (κ1) is 15.8. The second kappa shape index (κ2) is 7.47. The largest absolute Gasteiger partial charge is 0.497 e. The summed E-state index contributed by atoms with van der Waals surface area (Å²) < 4.78 is 10.5. The Morgan fingerprint density at radius 3 is 1.83 bits per heavy atom. The molecule has 0 aliphatic carbocycles. The third-order valence-electron chi connectivity index (χ3n) is 3.71. The number of methoxy groups -OCH3 is 1. The highest BCUT2D eigenvalue weighted by Crippen LogP contribution is 2.18. The molecule has 0 bridgehead atoms. The Morgan fingerprint density at radius 2 is 1.29 bits per heavy atom.